The Morgan fingerprint density at radius 2 is 1.41 bits per heavy atom. The average Bonchev–Trinajstić information content (AvgIpc) is 2.93. The van der Waals surface area contributed by atoms with Crippen molar-refractivity contribution in [1.82, 2.24) is 5.16 Å². The topological polar surface area (TPSA) is 72.3 Å². The van der Waals surface area contributed by atoms with Gasteiger partial charge < -0.3 is 9.26 Å². The molecule has 27 heavy (non-hydrogen) atoms. The van der Waals surface area contributed by atoms with Crippen LogP contribution in [-0.4, -0.2) is 17.7 Å². The molecule has 0 aliphatic carbocycles. The number of unbranched alkanes of at least 4 members (excludes halogenated alkanes) is 10. The highest BCUT2D eigenvalue weighted by Crippen LogP contribution is 2.16. The summed E-state index contributed by atoms with van der Waals surface area (Å²) in [7, 11) is 0. The predicted molar refractivity (Wildman–Crippen MR) is 109 cm³/mol. The summed E-state index contributed by atoms with van der Waals surface area (Å²) in [6, 6.07) is 0. The first kappa shape index (κ1) is 23.8. The molecule has 0 fully saturated rings. The summed E-state index contributed by atoms with van der Waals surface area (Å²) < 4.78 is 9.91. The standard InChI is InChI=1S/C21H36ClNO4/c1-21(2,3)20(25)26-16-14-12-10-8-6-4-5-7-9-11-13-15-17-18(22)19(24)27-23-17/h23H,4-16H2,1-3H3. The molecular formula is C21H36ClNO4. The fourth-order valence-electron chi connectivity index (χ4n) is 2.86. The van der Waals surface area contributed by atoms with Crippen molar-refractivity contribution in [2.24, 2.45) is 5.41 Å². The molecule has 0 saturated heterocycles. The molecule has 5 nitrogen and oxygen atoms in total. The maximum Gasteiger partial charge on any atom is 0.375 e. The van der Waals surface area contributed by atoms with Gasteiger partial charge in [-0.25, -0.2) is 9.95 Å². The molecule has 0 atom stereocenters. The zero-order chi connectivity index (χ0) is 20.1. The Morgan fingerprint density at radius 3 is 1.85 bits per heavy atom. The van der Waals surface area contributed by atoms with Crippen molar-refractivity contribution in [1.29, 1.82) is 0 Å². The number of aromatic amines is 1. The zero-order valence-electron chi connectivity index (χ0n) is 17.2. The number of halogens is 1. The van der Waals surface area contributed by atoms with Gasteiger partial charge in [-0.1, -0.05) is 69.4 Å². The van der Waals surface area contributed by atoms with Gasteiger partial charge >= 0.3 is 11.6 Å². The van der Waals surface area contributed by atoms with Crippen molar-refractivity contribution in [2.45, 2.75) is 97.8 Å². The lowest BCUT2D eigenvalue weighted by molar-refractivity contribution is -0.153. The number of aryl methyl sites for hydroxylation is 1. The van der Waals surface area contributed by atoms with Gasteiger partial charge in [-0.3, -0.25) is 4.79 Å². The molecule has 1 aromatic rings. The van der Waals surface area contributed by atoms with E-state index in [9.17, 15) is 9.59 Å². The van der Waals surface area contributed by atoms with Gasteiger partial charge in [0, 0.05) is 0 Å². The maximum atomic E-state index is 11.6. The van der Waals surface area contributed by atoms with E-state index in [1.165, 1.54) is 44.9 Å². The molecule has 156 valence electrons. The lowest BCUT2D eigenvalue weighted by Crippen LogP contribution is -2.23. The summed E-state index contributed by atoms with van der Waals surface area (Å²) in [5.41, 5.74) is -0.155. The van der Waals surface area contributed by atoms with E-state index in [1.54, 1.807) is 0 Å². The van der Waals surface area contributed by atoms with Gasteiger partial charge in [0.25, 0.3) is 0 Å². The average molecular weight is 402 g/mol. The normalized spacial score (nSPS) is 11.7. The number of rotatable bonds is 14. The van der Waals surface area contributed by atoms with Crippen LogP contribution in [0.3, 0.4) is 0 Å². The molecule has 6 heteroatoms. The van der Waals surface area contributed by atoms with Gasteiger partial charge in [-0.2, -0.15) is 0 Å². The van der Waals surface area contributed by atoms with Crippen molar-refractivity contribution < 1.29 is 14.1 Å². The van der Waals surface area contributed by atoms with E-state index in [1.807, 2.05) is 20.8 Å². The molecule has 1 aromatic heterocycles. The van der Waals surface area contributed by atoms with Crippen molar-refractivity contribution in [3.05, 3.63) is 21.1 Å². The van der Waals surface area contributed by atoms with E-state index in [0.717, 1.165) is 37.8 Å². The highest BCUT2D eigenvalue weighted by atomic mass is 35.5. The SMILES string of the molecule is CC(C)(C)C(=O)OCCCCCCCCCCCCCc1[nH]oc(=O)c1Cl. The third-order valence-electron chi connectivity index (χ3n) is 4.63. The second-order valence-corrected chi connectivity index (χ2v) is 8.69. The molecule has 0 unspecified atom stereocenters. The first-order chi connectivity index (χ1) is 12.8. The minimum Gasteiger partial charge on any atom is -0.465 e. The van der Waals surface area contributed by atoms with Crippen LogP contribution in [-0.2, 0) is 16.0 Å². The number of esters is 1. The molecule has 0 spiro atoms. The number of ether oxygens (including phenoxy) is 1. The quantitative estimate of drug-likeness (QED) is 0.304. The summed E-state index contributed by atoms with van der Waals surface area (Å²) in [5, 5.41) is 2.78. The van der Waals surface area contributed by atoms with Crippen molar-refractivity contribution in [3.63, 3.8) is 0 Å². The molecule has 0 amide bonds. The lowest BCUT2D eigenvalue weighted by Gasteiger charge is -2.16. The third kappa shape index (κ3) is 10.6. The van der Waals surface area contributed by atoms with E-state index >= 15 is 0 Å². The van der Waals surface area contributed by atoms with Crippen molar-refractivity contribution in [3.8, 4) is 0 Å². The molecular weight excluding hydrogens is 366 g/mol. The molecule has 0 saturated carbocycles. The largest absolute Gasteiger partial charge is 0.465 e. The first-order valence-electron chi connectivity index (χ1n) is 10.4. The van der Waals surface area contributed by atoms with E-state index in [2.05, 4.69) is 9.68 Å². The van der Waals surface area contributed by atoms with E-state index in [-0.39, 0.29) is 11.0 Å². The van der Waals surface area contributed by atoms with Crippen LogP contribution in [0.5, 0.6) is 0 Å². The van der Waals surface area contributed by atoms with Crippen molar-refractivity contribution >= 4 is 17.6 Å². The predicted octanol–water partition coefficient (Wildman–Crippen LogP) is 6.04. The smallest absolute Gasteiger partial charge is 0.375 e. The number of hydrogen-bond acceptors (Lipinski definition) is 4. The number of aromatic nitrogens is 1. The first-order valence-corrected chi connectivity index (χ1v) is 10.7. The van der Waals surface area contributed by atoms with E-state index in [4.69, 9.17) is 16.3 Å². The number of hydrogen-bond donors (Lipinski definition) is 1. The molecule has 0 aliphatic heterocycles. The van der Waals surface area contributed by atoms with Gasteiger partial charge in [0.2, 0.25) is 0 Å². The molecule has 0 aromatic carbocycles. The maximum absolute atomic E-state index is 11.6. The van der Waals surface area contributed by atoms with Crippen molar-refractivity contribution in [2.75, 3.05) is 6.61 Å². The van der Waals surface area contributed by atoms with Crippen LogP contribution in [0.1, 0.15) is 97.1 Å². The number of carbonyl (C=O) groups is 1. The summed E-state index contributed by atoms with van der Waals surface area (Å²) in [6.07, 6.45) is 13.9. The van der Waals surface area contributed by atoms with Crippen LogP contribution < -0.4 is 5.63 Å². The Bertz CT molecular complexity index is 586. The Kier molecular flexibility index (Phi) is 11.5. The number of carbonyl (C=O) groups excluding carboxylic acids is 1. The number of nitrogens with one attached hydrogen (secondary N) is 1. The highest BCUT2D eigenvalue weighted by molar-refractivity contribution is 6.30. The van der Waals surface area contributed by atoms with E-state index < -0.39 is 11.0 Å². The van der Waals surface area contributed by atoms with Crippen LogP contribution in [0, 0.1) is 5.41 Å². The molecule has 0 radical (unpaired) electrons. The summed E-state index contributed by atoms with van der Waals surface area (Å²) >= 11 is 5.83. The van der Waals surface area contributed by atoms with Crippen LogP contribution in [0.25, 0.3) is 0 Å². The van der Waals surface area contributed by atoms with Crippen LogP contribution >= 0.6 is 11.6 Å². The van der Waals surface area contributed by atoms with Gasteiger partial charge in [-0.15, -0.1) is 0 Å². The minimum absolute atomic E-state index is 0.108. The Hall–Kier alpha value is -1.23. The molecule has 1 heterocycles. The Morgan fingerprint density at radius 1 is 0.926 bits per heavy atom. The summed E-state index contributed by atoms with van der Waals surface area (Å²) in [4.78, 5) is 22.7. The summed E-state index contributed by atoms with van der Waals surface area (Å²) in [6.45, 7) is 6.19. The molecule has 1 rings (SSSR count). The Balaban J connectivity index is 1.82. The second kappa shape index (κ2) is 13.0. The minimum atomic E-state index is -0.474. The van der Waals surface area contributed by atoms with Crippen LogP contribution in [0.4, 0.5) is 0 Å². The molecule has 1 N–H and O–H groups in total. The van der Waals surface area contributed by atoms with Gasteiger partial charge in [-0.05, 0) is 40.0 Å². The van der Waals surface area contributed by atoms with Gasteiger partial charge in [0.05, 0.1) is 17.7 Å². The monoisotopic (exact) mass is 401 g/mol. The highest BCUT2D eigenvalue weighted by Gasteiger charge is 2.22. The fourth-order valence-corrected chi connectivity index (χ4v) is 3.03. The lowest BCUT2D eigenvalue weighted by atomic mass is 9.97. The van der Waals surface area contributed by atoms with Gasteiger partial charge in [0.1, 0.15) is 0 Å². The van der Waals surface area contributed by atoms with Crippen LogP contribution in [0.2, 0.25) is 5.02 Å². The number of H-pyrrole nitrogens is 1. The molecule has 0 bridgehead atoms. The third-order valence-corrected chi connectivity index (χ3v) is 5.01. The summed E-state index contributed by atoms with van der Waals surface area (Å²) in [5.74, 6) is -0.108. The van der Waals surface area contributed by atoms with Gasteiger partial charge in [0.15, 0.2) is 5.02 Å². The second-order valence-electron chi connectivity index (χ2n) is 8.31. The fraction of sp³-hybridized carbons (Fsp3) is 0.810. The van der Waals surface area contributed by atoms with Crippen LogP contribution in [0.15, 0.2) is 9.32 Å². The van der Waals surface area contributed by atoms with E-state index in [0.29, 0.717) is 6.61 Å². The Labute approximate surface area is 168 Å². The zero-order valence-corrected chi connectivity index (χ0v) is 18.0. The molecule has 0 aliphatic rings.